The molecule has 0 fully saturated rings. The normalized spacial score (nSPS) is 11.4. The molecule has 1 aromatic carbocycles. The van der Waals surface area contributed by atoms with Gasteiger partial charge in [-0.2, -0.15) is 0 Å². The summed E-state index contributed by atoms with van der Waals surface area (Å²) in [6.07, 6.45) is 0.727. The SMILES string of the molecule is CCNCCCNS(=O)(=O)Cc1ccc(C(=O)O)cc1. The molecule has 112 valence electrons. The van der Waals surface area contributed by atoms with Crippen LogP contribution in [0.5, 0.6) is 0 Å². The van der Waals surface area contributed by atoms with Gasteiger partial charge in [0.2, 0.25) is 10.0 Å². The highest BCUT2D eigenvalue weighted by Crippen LogP contribution is 2.07. The van der Waals surface area contributed by atoms with Crippen LogP contribution in [0.3, 0.4) is 0 Å². The Balaban J connectivity index is 2.47. The average molecular weight is 300 g/mol. The van der Waals surface area contributed by atoms with Crippen LogP contribution in [0.4, 0.5) is 0 Å². The zero-order valence-electron chi connectivity index (χ0n) is 11.4. The summed E-state index contributed by atoms with van der Waals surface area (Å²) >= 11 is 0. The molecule has 0 aliphatic heterocycles. The molecule has 20 heavy (non-hydrogen) atoms. The largest absolute Gasteiger partial charge is 0.478 e. The number of hydrogen-bond acceptors (Lipinski definition) is 4. The molecule has 7 heteroatoms. The second-order valence-electron chi connectivity index (χ2n) is 4.36. The minimum atomic E-state index is -3.38. The highest BCUT2D eigenvalue weighted by molar-refractivity contribution is 7.88. The van der Waals surface area contributed by atoms with E-state index < -0.39 is 16.0 Å². The minimum absolute atomic E-state index is 0.143. The number of hydrogen-bond donors (Lipinski definition) is 3. The molecule has 0 saturated carbocycles. The summed E-state index contributed by atoms with van der Waals surface area (Å²) in [7, 11) is -3.38. The van der Waals surface area contributed by atoms with Crippen molar-refractivity contribution in [2.24, 2.45) is 0 Å². The van der Waals surface area contributed by atoms with E-state index in [0.29, 0.717) is 12.1 Å². The van der Waals surface area contributed by atoms with Crippen LogP contribution < -0.4 is 10.0 Å². The second-order valence-corrected chi connectivity index (χ2v) is 6.17. The molecule has 1 rings (SSSR count). The Bertz CT molecular complexity index is 526. The minimum Gasteiger partial charge on any atom is -0.478 e. The molecule has 0 heterocycles. The second kappa shape index (κ2) is 7.98. The summed E-state index contributed by atoms with van der Waals surface area (Å²) in [4.78, 5) is 10.7. The van der Waals surface area contributed by atoms with Gasteiger partial charge in [-0.25, -0.2) is 17.9 Å². The van der Waals surface area contributed by atoms with Gasteiger partial charge < -0.3 is 10.4 Å². The van der Waals surface area contributed by atoms with Crippen molar-refractivity contribution < 1.29 is 18.3 Å². The van der Waals surface area contributed by atoms with Crippen molar-refractivity contribution in [3.63, 3.8) is 0 Å². The highest BCUT2D eigenvalue weighted by Gasteiger charge is 2.11. The van der Waals surface area contributed by atoms with Crippen LogP contribution in [0.1, 0.15) is 29.3 Å². The molecule has 0 aliphatic rings. The van der Waals surface area contributed by atoms with Crippen molar-refractivity contribution in [2.75, 3.05) is 19.6 Å². The number of carbonyl (C=O) groups is 1. The smallest absolute Gasteiger partial charge is 0.335 e. The van der Waals surface area contributed by atoms with Gasteiger partial charge in [-0.05, 0) is 37.2 Å². The Kier molecular flexibility index (Phi) is 6.63. The van der Waals surface area contributed by atoms with Crippen molar-refractivity contribution in [2.45, 2.75) is 19.1 Å². The average Bonchev–Trinajstić information content (AvgIpc) is 2.38. The predicted octanol–water partition coefficient (Wildman–Crippen LogP) is 0.804. The van der Waals surface area contributed by atoms with E-state index in [-0.39, 0.29) is 11.3 Å². The molecular weight excluding hydrogens is 280 g/mol. The van der Waals surface area contributed by atoms with Gasteiger partial charge >= 0.3 is 5.97 Å². The lowest BCUT2D eigenvalue weighted by Gasteiger charge is -2.07. The first-order chi connectivity index (χ1) is 9.44. The first-order valence-electron chi connectivity index (χ1n) is 6.45. The van der Waals surface area contributed by atoms with E-state index in [1.807, 2.05) is 6.92 Å². The fourth-order valence-corrected chi connectivity index (χ4v) is 2.82. The van der Waals surface area contributed by atoms with Gasteiger partial charge in [-0.1, -0.05) is 19.1 Å². The maximum absolute atomic E-state index is 11.8. The molecule has 0 bridgehead atoms. The van der Waals surface area contributed by atoms with Gasteiger partial charge in [0, 0.05) is 6.54 Å². The van der Waals surface area contributed by atoms with Gasteiger partial charge in [-0.15, -0.1) is 0 Å². The highest BCUT2D eigenvalue weighted by atomic mass is 32.2. The summed E-state index contributed by atoms with van der Waals surface area (Å²) in [5.74, 6) is -1.17. The Morgan fingerprint density at radius 1 is 1.20 bits per heavy atom. The van der Waals surface area contributed by atoms with Crippen molar-refractivity contribution in [1.29, 1.82) is 0 Å². The Hall–Kier alpha value is -1.44. The number of benzene rings is 1. The van der Waals surface area contributed by atoms with E-state index in [2.05, 4.69) is 10.0 Å². The van der Waals surface area contributed by atoms with Crippen LogP contribution >= 0.6 is 0 Å². The fourth-order valence-electron chi connectivity index (χ4n) is 1.63. The first-order valence-corrected chi connectivity index (χ1v) is 8.10. The third kappa shape index (κ3) is 6.14. The molecule has 0 aliphatic carbocycles. The third-order valence-corrected chi connectivity index (χ3v) is 4.02. The van der Waals surface area contributed by atoms with Crippen LogP contribution in [-0.2, 0) is 15.8 Å². The van der Waals surface area contributed by atoms with E-state index in [1.54, 1.807) is 0 Å². The van der Waals surface area contributed by atoms with Gasteiger partial charge in [0.1, 0.15) is 0 Å². The van der Waals surface area contributed by atoms with E-state index >= 15 is 0 Å². The van der Waals surface area contributed by atoms with Crippen LogP contribution in [0.15, 0.2) is 24.3 Å². The molecule has 0 saturated heterocycles. The quantitative estimate of drug-likeness (QED) is 0.586. The molecule has 6 nitrogen and oxygen atoms in total. The van der Waals surface area contributed by atoms with Crippen LogP contribution in [0, 0.1) is 0 Å². The molecule has 0 radical (unpaired) electrons. The molecule has 3 N–H and O–H groups in total. The van der Waals surface area contributed by atoms with E-state index in [9.17, 15) is 13.2 Å². The predicted molar refractivity (Wildman–Crippen MR) is 77.2 cm³/mol. The van der Waals surface area contributed by atoms with Crippen molar-refractivity contribution in [3.05, 3.63) is 35.4 Å². The molecule has 0 spiro atoms. The van der Waals surface area contributed by atoms with Crippen LogP contribution in [0.25, 0.3) is 0 Å². The maximum Gasteiger partial charge on any atom is 0.335 e. The lowest BCUT2D eigenvalue weighted by atomic mass is 10.1. The van der Waals surface area contributed by atoms with E-state index in [4.69, 9.17) is 5.11 Å². The van der Waals surface area contributed by atoms with Gasteiger partial charge in [-0.3, -0.25) is 0 Å². The van der Waals surface area contributed by atoms with Crippen molar-refractivity contribution in [1.82, 2.24) is 10.0 Å². The summed E-state index contributed by atoms with van der Waals surface area (Å²) in [6, 6.07) is 5.83. The molecule has 0 aromatic heterocycles. The maximum atomic E-state index is 11.8. The van der Waals surface area contributed by atoms with Gasteiger partial charge in [0.15, 0.2) is 0 Å². The standard InChI is InChI=1S/C13H20N2O4S/c1-2-14-8-3-9-15-20(18,19)10-11-4-6-12(7-5-11)13(16)17/h4-7,14-15H,2-3,8-10H2,1H3,(H,16,17). The number of rotatable bonds is 9. The number of sulfonamides is 1. The zero-order valence-corrected chi connectivity index (χ0v) is 12.2. The fraction of sp³-hybridized carbons (Fsp3) is 0.462. The molecule has 0 unspecified atom stereocenters. The number of carboxylic acids is 1. The topological polar surface area (TPSA) is 95.5 Å². The number of aromatic carboxylic acids is 1. The summed E-state index contributed by atoms with van der Waals surface area (Å²) in [6.45, 7) is 4.02. The summed E-state index contributed by atoms with van der Waals surface area (Å²) in [5.41, 5.74) is 0.707. The Labute approximate surface area is 119 Å². The van der Waals surface area contributed by atoms with Crippen LogP contribution in [-0.4, -0.2) is 39.1 Å². The van der Waals surface area contributed by atoms with Gasteiger partial charge in [0.05, 0.1) is 11.3 Å². The van der Waals surface area contributed by atoms with Crippen molar-refractivity contribution in [3.8, 4) is 0 Å². The summed E-state index contributed by atoms with van der Waals surface area (Å²) < 4.78 is 26.1. The lowest BCUT2D eigenvalue weighted by molar-refractivity contribution is 0.0697. The summed E-state index contributed by atoms with van der Waals surface area (Å²) in [5, 5.41) is 11.9. The van der Waals surface area contributed by atoms with Gasteiger partial charge in [0.25, 0.3) is 0 Å². The number of carboxylic acid groups (broad SMARTS) is 1. The zero-order chi connectivity index (χ0) is 15.0. The van der Waals surface area contributed by atoms with Crippen LogP contribution in [0.2, 0.25) is 0 Å². The molecule has 0 atom stereocenters. The molecule has 0 amide bonds. The van der Waals surface area contributed by atoms with Crippen molar-refractivity contribution >= 4 is 16.0 Å². The monoisotopic (exact) mass is 300 g/mol. The van der Waals surface area contributed by atoms with E-state index in [0.717, 1.165) is 19.5 Å². The number of nitrogens with one attached hydrogen (secondary N) is 2. The Morgan fingerprint density at radius 3 is 2.40 bits per heavy atom. The van der Waals surface area contributed by atoms with E-state index in [1.165, 1.54) is 24.3 Å². The lowest BCUT2D eigenvalue weighted by Crippen LogP contribution is -2.28. The molecular formula is C13H20N2O4S. The molecule has 1 aromatic rings. The third-order valence-electron chi connectivity index (χ3n) is 2.66. The first kappa shape index (κ1) is 16.6. The Morgan fingerprint density at radius 2 is 1.85 bits per heavy atom.